The Balaban J connectivity index is 1.14. The van der Waals surface area contributed by atoms with Crippen LogP contribution in [0.2, 0.25) is 0 Å². The van der Waals surface area contributed by atoms with Crippen LogP contribution in [0.5, 0.6) is 0 Å². The van der Waals surface area contributed by atoms with Crippen molar-refractivity contribution >= 4 is 11.6 Å². The number of nitrogens with two attached hydrogens (primary N) is 1. The lowest BCUT2D eigenvalue weighted by atomic mass is 9.59. The predicted molar refractivity (Wildman–Crippen MR) is 161 cm³/mol. The SMILES string of the molecule is CC(C)c1ccccc1[C@@H]1CN(Cc2cccnc2)CCN1C1CC2(CCN(c3ccc(C(N)=O)cc3)CC2)C1. The molecule has 3 aliphatic rings. The molecule has 2 aromatic carbocycles. The first-order valence-electron chi connectivity index (χ1n) is 15.0. The molecular weight excluding hydrogens is 494 g/mol. The second-order valence-electron chi connectivity index (χ2n) is 12.6. The Labute approximate surface area is 239 Å². The predicted octanol–water partition coefficient (Wildman–Crippen LogP) is 5.61. The summed E-state index contributed by atoms with van der Waals surface area (Å²) < 4.78 is 0. The number of piperidine rings is 1. The third-order valence-electron chi connectivity index (χ3n) is 9.76. The van der Waals surface area contributed by atoms with E-state index in [9.17, 15) is 4.79 Å². The summed E-state index contributed by atoms with van der Waals surface area (Å²) in [6, 6.07) is 22.3. The van der Waals surface area contributed by atoms with Crippen molar-refractivity contribution < 1.29 is 4.79 Å². The summed E-state index contributed by atoms with van der Waals surface area (Å²) in [4.78, 5) is 23.8. The molecule has 1 aliphatic carbocycles. The molecule has 6 rings (SSSR count). The molecule has 210 valence electrons. The Morgan fingerprint density at radius 2 is 1.73 bits per heavy atom. The third kappa shape index (κ3) is 5.52. The molecule has 6 heteroatoms. The highest BCUT2D eigenvalue weighted by Gasteiger charge is 2.50. The van der Waals surface area contributed by atoms with Crippen molar-refractivity contribution in [2.75, 3.05) is 37.6 Å². The number of aromatic nitrogens is 1. The van der Waals surface area contributed by atoms with Gasteiger partial charge in [-0.2, -0.15) is 0 Å². The van der Waals surface area contributed by atoms with Gasteiger partial charge in [0.2, 0.25) is 5.91 Å². The van der Waals surface area contributed by atoms with Crippen molar-refractivity contribution in [2.24, 2.45) is 11.1 Å². The number of piperazine rings is 1. The van der Waals surface area contributed by atoms with E-state index in [0.717, 1.165) is 39.3 Å². The van der Waals surface area contributed by atoms with Gasteiger partial charge in [-0.3, -0.25) is 19.6 Å². The minimum atomic E-state index is -0.364. The molecule has 3 aromatic rings. The van der Waals surface area contributed by atoms with E-state index in [4.69, 9.17) is 5.73 Å². The third-order valence-corrected chi connectivity index (χ3v) is 9.76. The molecule has 2 saturated heterocycles. The van der Waals surface area contributed by atoms with Crippen molar-refractivity contribution in [1.82, 2.24) is 14.8 Å². The molecule has 1 spiro atoms. The minimum absolute atomic E-state index is 0.364. The van der Waals surface area contributed by atoms with Gasteiger partial charge in [-0.15, -0.1) is 0 Å². The van der Waals surface area contributed by atoms with E-state index < -0.39 is 0 Å². The van der Waals surface area contributed by atoms with E-state index in [0.29, 0.717) is 29.0 Å². The van der Waals surface area contributed by atoms with E-state index in [2.05, 4.69) is 63.9 Å². The highest BCUT2D eigenvalue weighted by molar-refractivity contribution is 5.93. The average molecular weight is 538 g/mol. The molecule has 1 atom stereocenters. The lowest BCUT2D eigenvalue weighted by Gasteiger charge is -2.58. The standard InChI is InChI=1S/C34H43N5O/c1-25(2)30-7-3-4-8-31(30)32-24-37(23-26-6-5-15-36-22-26)18-19-39(32)29-20-34(21-29)13-16-38(17-14-34)28-11-9-27(10-12-28)33(35)40/h3-12,15,22,25,29,32H,13-14,16-21,23-24H2,1-2H3,(H2,35,40)/t32-/m0/s1. The highest BCUT2D eigenvalue weighted by atomic mass is 16.1. The summed E-state index contributed by atoms with van der Waals surface area (Å²) in [7, 11) is 0. The first-order chi connectivity index (χ1) is 19.4. The molecule has 1 amide bonds. The lowest BCUT2D eigenvalue weighted by molar-refractivity contribution is -0.0628. The van der Waals surface area contributed by atoms with Gasteiger partial charge in [0.05, 0.1) is 0 Å². The maximum atomic E-state index is 11.4. The number of amides is 1. The Kier molecular flexibility index (Phi) is 7.65. The van der Waals surface area contributed by atoms with Crippen molar-refractivity contribution in [3.05, 3.63) is 95.3 Å². The van der Waals surface area contributed by atoms with Gasteiger partial charge in [0, 0.05) is 75.0 Å². The van der Waals surface area contributed by atoms with E-state index in [1.165, 1.54) is 48.1 Å². The van der Waals surface area contributed by atoms with Crippen molar-refractivity contribution in [3.63, 3.8) is 0 Å². The zero-order valence-electron chi connectivity index (χ0n) is 24.0. The van der Waals surface area contributed by atoms with Gasteiger partial charge in [-0.05, 0) is 84.0 Å². The lowest BCUT2D eigenvalue weighted by Crippen LogP contribution is -2.60. The van der Waals surface area contributed by atoms with Crippen LogP contribution in [0.25, 0.3) is 0 Å². The van der Waals surface area contributed by atoms with E-state index in [-0.39, 0.29) is 5.91 Å². The van der Waals surface area contributed by atoms with Crippen LogP contribution in [0.1, 0.15) is 78.5 Å². The van der Waals surface area contributed by atoms with E-state index in [1.807, 2.05) is 42.7 Å². The number of primary amides is 1. The van der Waals surface area contributed by atoms with Crippen molar-refractivity contribution in [3.8, 4) is 0 Å². The second kappa shape index (κ2) is 11.3. The van der Waals surface area contributed by atoms with Gasteiger partial charge in [-0.25, -0.2) is 0 Å². The number of benzene rings is 2. The van der Waals surface area contributed by atoms with E-state index in [1.54, 1.807) is 0 Å². The van der Waals surface area contributed by atoms with Crippen LogP contribution >= 0.6 is 0 Å². The first-order valence-corrected chi connectivity index (χ1v) is 15.0. The molecule has 1 saturated carbocycles. The quantitative estimate of drug-likeness (QED) is 0.424. The normalized spacial score (nSPS) is 22.0. The number of pyridine rings is 1. The Bertz CT molecular complexity index is 1290. The van der Waals surface area contributed by atoms with Gasteiger partial charge in [0.25, 0.3) is 0 Å². The Morgan fingerprint density at radius 1 is 0.975 bits per heavy atom. The van der Waals surface area contributed by atoms with Crippen LogP contribution in [0.15, 0.2) is 73.1 Å². The first kappa shape index (κ1) is 27.0. The maximum Gasteiger partial charge on any atom is 0.248 e. The minimum Gasteiger partial charge on any atom is -0.371 e. The largest absolute Gasteiger partial charge is 0.371 e. The zero-order chi connectivity index (χ0) is 27.7. The topological polar surface area (TPSA) is 65.7 Å². The van der Waals surface area contributed by atoms with Crippen LogP contribution in [0, 0.1) is 5.41 Å². The van der Waals surface area contributed by atoms with Crippen LogP contribution in [-0.4, -0.2) is 59.5 Å². The van der Waals surface area contributed by atoms with Crippen LogP contribution in [-0.2, 0) is 6.54 Å². The number of anilines is 1. The molecule has 3 fully saturated rings. The van der Waals surface area contributed by atoms with Gasteiger partial charge in [0.15, 0.2) is 0 Å². The molecule has 2 aliphatic heterocycles. The van der Waals surface area contributed by atoms with Crippen LogP contribution < -0.4 is 10.6 Å². The zero-order valence-corrected chi connectivity index (χ0v) is 24.0. The van der Waals surface area contributed by atoms with Crippen molar-refractivity contribution in [1.29, 1.82) is 0 Å². The summed E-state index contributed by atoms with van der Waals surface area (Å²) in [5, 5.41) is 0. The van der Waals surface area contributed by atoms with Crippen LogP contribution in [0.3, 0.4) is 0 Å². The molecule has 6 nitrogen and oxygen atoms in total. The second-order valence-corrected chi connectivity index (χ2v) is 12.6. The smallest absolute Gasteiger partial charge is 0.248 e. The van der Waals surface area contributed by atoms with Crippen LogP contribution in [0.4, 0.5) is 5.69 Å². The molecule has 2 N–H and O–H groups in total. The number of hydrogen-bond acceptors (Lipinski definition) is 5. The van der Waals surface area contributed by atoms with Crippen molar-refractivity contribution in [2.45, 2.75) is 64.1 Å². The highest BCUT2D eigenvalue weighted by Crippen LogP contribution is 2.53. The number of hydrogen-bond donors (Lipinski definition) is 1. The molecule has 3 heterocycles. The van der Waals surface area contributed by atoms with Gasteiger partial charge >= 0.3 is 0 Å². The molecule has 0 radical (unpaired) electrons. The summed E-state index contributed by atoms with van der Waals surface area (Å²) in [6.45, 7) is 11.1. The van der Waals surface area contributed by atoms with Gasteiger partial charge < -0.3 is 10.6 Å². The molecule has 0 bridgehead atoms. The summed E-state index contributed by atoms with van der Waals surface area (Å²) in [5.41, 5.74) is 12.0. The fraction of sp³-hybridized carbons (Fsp3) is 0.471. The number of rotatable bonds is 7. The van der Waals surface area contributed by atoms with Gasteiger partial charge in [-0.1, -0.05) is 44.2 Å². The summed E-state index contributed by atoms with van der Waals surface area (Å²) in [5.74, 6) is 0.151. The summed E-state index contributed by atoms with van der Waals surface area (Å²) >= 11 is 0. The number of nitrogens with zero attached hydrogens (tertiary/aromatic N) is 4. The monoisotopic (exact) mass is 537 g/mol. The Morgan fingerprint density at radius 3 is 2.40 bits per heavy atom. The maximum absolute atomic E-state index is 11.4. The fourth-order valence-electron chi connectivity index (χ4n) is 7.46. The molecule has 1 aromatic heterocycles. The Hall–Kier alpha value is -3.22. The summed E-state index contributed by atoms with van der Waals surface area (Å²) in [6.07, 6.45) is 8.98. The molecular formula is C34H43N5O. The molecule has 40 heavy (non-hydrogen) atoms. The number of carbonyl (C=O) groups is 1. The van der Waals surface area contributed by atoms with E-state index >= 15 is 0 Å². The fourth-order valence-corrected chi connectivity index (χ4v) is 7.46. The molecule has 0 unspecified atom stereocenters. The average Bonchev–Trinajstić information content (AvgIpc) is 2.97. The number of carbonyl (C=O) groups excluding carboxylic acids is 1. The van der Waals surface area contributed by atoms with Gasteiger partial charge in [0.1, 0.15) is 0 Å².